The molecule has 0 spiro atoms. The second-order valence-electron chi connectivity index (χ2n) is 5.96. The summed E-state index contributed by atoms with van der Waals surface area (Å²) in [7, 11) is 0. The number of hydrogen-bond donors (Lipinski definition) is 1. The second kappa shape index (κ2) is 8.40. The molecule has 2 rings (SSSR count). The molecule has 0 saturated carbocycles. The Kier molecular flexibility index (Phi) is 7.20. The van der Waals surface area contributed by atoms with E-state index in [1.807, 2.05) is 42.2 Å². The Morgan fingerprint density at radius 3 is 2.57 bits per heavy atom. The molecule has 1 aliphatic rings. The zero-order valence-electron chi connectivity index (χ0n) is 13.0. The van der Waals surface area contributed by atoms with Gasteiger partial charge in [-0.2, -0.15) is 0 Å². The van der Waals surface area contributed by atoms with Crippen molar-refractivity contribution in [3.8, 4) is 0 Å². The minimum atomic E-state index is -0.223. The minimum Gasteiger partial charge on any atom is -0.340 e. The summed E-state index contributed by atoms with van der Waals surface area (Å²) >= 11 is 0. The van der Waals surface area contributed by atoms with Crippen molar-refractivity contribution in [3.63, 3.8) is 0 Å². The molecular weight excluding hydrogens is 284 g/mol. The molecule has 1 heterocycles. The van der Waals surface area contributed by atoms with Crippen molar-refractivity contribution in [2.75, 3.05) is 6.54 Å². The van der Waals surface area contributed by atoms with Crippen LogP contribution in [0.3, 0.4) is 0 Å². The third kappa shape index (κ3) is 4.45. The Morgan fingerprint density at radius 2 is 1.90 bits per heavy atom. The van der Waals surface area contributed by atoms with Gasteiger partial charge in [-0.1, -0.05) is 50.1 Å². The molecule has 0 radical (unpaired) electrons. The highest BCUT2D eigenvalue weighted by molar-refractivity contribution is 5.85. The molecule has 0 aliphatic carbocycles. The van der Waals surface area contributed by atoms with E-state index in [0.29, 0.717) is 6.04 Å². The number of carbonyl (C=O) groups is 1. The van der Waals surface area contributed by atoms with E-state index < -0.39 is 0 Å². The van der Waals surface area contributed by atoms with Gasteiger partial charge in [0.25, 0.3) is 0 Å². The molecule has 1 aliphatic heterocycles. The normalized spacial score (nSPS) is 21.9. The molecular formula is C17H27ClN2O. The quantitative estimate of drug-likeness (QED) is 0.928. The Balaban J connectivity index is 0.00000220. The van der Waals surface area contributed by atoms with Crippen LogP contribution in [0.25, 0.3) is 0 Å². The predicted octanol–water partition coefficient (Wildman–Crippen LogP) is 3.54. The Morgan fingerprint density at radius 1 is 1.24 bits per heavy atom. The summed E-state index contributed by atoms with van der Waals surface area (Å²) < 4.78 is 0. The highest BCUT2D eigenvalue weighted by Gasteiger charge is 2.29. The number of benzene rings is 1. The largest absolute Gasteiger partial charge is 0.340 e. The molecule has 3 nitrogen and oxygen atoms in total. The summed E-state index contributed by atoms with van der Waals surface area (Å²) in [5.41, 5.74) is 7.32. The Hall–Kier alpha value is -1.06. The topological polar surface area (TPSA) is 46.3 Å². The van der Waals surface area contributed by atoms with Crippen LogP contribution < -0.4 is 5.73 Å². The Bertz CT molecular complexity index is 438. The summed E-state index contributed by atoms with van der Waals surface area (Å²) in [5, 5.41) is 0. The second-order valence-corrected chi connectivity index (χ2v) is 5.96. The van der Waals surface area contributed by atoms with Crippen LogP contribution in [-0.4, -0.2) is 23.4 Å². The standard InChI is InChI=1S/C17H26N2O.ClH/c1-13-9-5-4-8-12-19(13)17(20)14(2)16(18)15-10-6-3-7-11-15;/h3,6-7,10-11,13-14,16H,4-5,8-9,12,18H2,1-2H3;1H. The summed E-state index contributed by atoms with van der Waals surface area (Å²) in [6, 6.07) is 10.0. The molecule has 118 valence electrons. The van der Waals surface area contributed by atoms with Gasteiger partial charge in [-0.3, -0.25) is 4.79 Å². The van der Waals surface area contributed by atoms with Gasteiger partial charge in [0.15, 0.2) is 0 Å². The van der Waals surface area contributed by atoms with Crippen LogP contribution in [0.1, 0.15) is 51.1 Å². The smallest absolute Gasteiger partial charge is 0.227 e. The van der Waals surface area contributed by atoms with Crippen LogP contribution in [-0.2, 0) is 4.79 Å². The first-order valence-electron chi connectivity index (χ1n) is 7.72. The summed E-state index contributed by atoms with van der Waals surface area (Å²) in [5.74, 6) is 0.0358. The molecule has 4 heteroatoms. The van der Waals surface area contributed by atoms with E-state index in [0.717, 1.165) is 24.9 Å². The first kappa shape index (κ1) is 18.0. The molecule has 3 atom stereocenters. The maximum Gasteiger partial charge on any atom is 0.227 e. The molecule has 2 N–H and O–H groups in total. The average molecular weight is 311 g/mol. The van der Waals surface area contributed by atoms with Crippen molar-refractivity contribution >= 4 is 18.3 Å². The molecule has 21 heavy (non-hydrogen) atoms. The fraction of sp³-hybridized carbons (Fsp3) is 0.588. The minimum absolute atomic E-state index is 0. The maximum atomic E-state index is 12.7. The number of rotatable bonds is 3. The lowest BCUT2D eigenvalue weighted by Gasteiger charge is -2.32. The van der Waals surface area contributed by atoms with Crippen LogP contribution in [0.2, 0.25) is 0 Å². The zero-order valence-corrected chi connectivity index (χ0v) is 13.8. The van der Waals surface area contributed by atoms with Crippen LogP contribution in [0.15, 0.2) is 30.3 Å². The van der Waals surface area contributed by atoms with Crippen LogP contribution in [0, 0.1) is 5.92 Å². The lowest BCUT2D eigenvalue weighted by Crippen LogP contribution is -2.44. The van der Waals surface area contributed by atoms with Crippen molar-refractivity contribution in [1.82, 2.24) is 4.90 Å². The SMILES string of the molecule is CC(C(=O)N1CCCCCC1C)C(N)c1ccccc1.Cl. The lowest BCUT2D eigenvalue weighted by molar-refractivity contribution is -0.137. The molecule has 1 fully saturated rings. The van der Waals surface area contributed by atoms with Gasteiger partial charge in [0, 0.05) is 18.6 Å². The van der Waals surface area contributed by atoms with E-state index in [4.69, 9.17) is 5.73 Å². The van der Waals surface area contributed by atoms with Gasteiger partial charge >= 0.3 is 0 Å². The molecule has 0 bridgehead atoms. The highest BCUT2D eigenvalue weighted by Crippen LogP contribution is 2.24. The van der Waals surface area contributed by atoms with Crippen molar-refractivity contribution in [1.29, 1.82) is 0 Å². The van der Waals surface area contributed by atoms with E-state index in [1.54, 1.807) is 0 Å². The van der Waals surface area contributed by atoms with Gasteiger partial charge in [0.05, 0.1) is 5.92 Å². The van der Waals surface area contributed by atoms with E-state index in [2.05, 4.69) is 6.92 Å². The van der Waals surface area contributed by atoms with Crippen LogP contribution in [0.4, 0.5) is 0 Å². The first-order chi connectivity index (χ1) is 9.61. The number of likely N-dealkylation sites (tertiary alicyclic amines) is 1. The fourth-order valence-corrected chi connectivity index (χ4v) is 2.98. The third-order valence-electron chi connectivity index (χ3n) is 4.45. The number of nitrogens with zero attached hydrogens (tertiary/aromatic N) is 1. The number of nitrogens with two attached hydrogens (primary N) is 1. The summed E-state index contributed by atoms with van der Waals surface area (Å²) in [6.07, 6.45) is 4.68. The van der Waals surface area contributed by atoms with Gasteiger partial charge in [-0.05, 0) is 25.3 Å². The van der Waals surface area contributed by atoms with E-state index >= 15 is 0 Å². The van der Waals surface area contributed by atoms with Crippen molar-refractivity contribution in [2.45, 2.75) is 51.6 Å². The van der Waals surface area contributed by atoms with Crippen molar-refractivity contribution in [2.24, 2.45) is 11.7 Å². The molecule has 1 saturated heterocycles. The number of hydrogen-bond acceptors (Lipinski definition) is 2. The molecule has 3 unspecified atom stereocenters. The molecule has 0 aromatic heterocycles. The van der Waals surface area contributed by atoms with E-state index in [1.165, 1.54) is 12.8 Å². The van der Waals surface area contributed by atoms with E-state index in [9.17, 15) is 4.79 Å². The molecule has 1 amide bonds. The maximum absolute atomic E-state index is 12.7. The third-order valence-corrected chi connectivity index (χ3v) is 4.45. The number of carbonyl (C=O) groups excluding carboxylic acids is 1. The summed E-state index contributed by atoms with van der Waals surface area (Å²) in [4.78, 5) is 14.8. The Labute approximate surface area is 134 Å². The lowest BCUT2D eigenvalue weighted by atomic mass is 9.93. The van der Waals surface area contributed by atoms with Crippen LogP contribution >= 0.6 is 12.4 Å². The van der Waals surface area contributed by atoms with Gasteiger partial charge in [-0.25, -0.2) is 0 Å². The zero-order chi connectivity index (χ0) is 14.5. The van der Waals surface area contributed by atoms with Crippen LogP contribution in [0.5, 0.6) is 0 Å². The number of amides is 1. The van der Waals surface area contributed by atoms with Gasteiger partial charge in [0.2, 0.25) is 5.91 Å². The molecule has 1 aromatic carbocycles. The van der Waals surface area contributed by atoms with E-state index in [-0.39, 0.29) is 30.3 Å². The average Bonchev–Trinajstić information content (AvgIpc) is 2.70. The number of halogens is 1. The van der Waals surface area contributed by atoms with Crippen molar-refractivity contribution in [3.05, 3.63) is 35.9 Å². The summed E-state index contributed by atoms with van der Waals surface area (Å²) in [6.45, 7) is 4.99. The van der Waals surface area contributed by atoms with Gasteiger partial charge < -0.3 is 10.6 Å². The predicted molar refractivity (Wildman–Crippen MR) is 89.4 cm³/mol. The monoisotopic (exact) mass is 310 g/mol. The fourth-order valence-electron chi connectivity index (χ4n) is 2.98. The van der Waals surface area contributed by atoms with Gasteiger partial charge in [0.1, 0.15) is 0 Å². The first-order valence-corrected chi connectivity index (χ1v) is 7.72. The van der Waals surface area contributed by atoms with Gasteiger partial charge in [-0.15, -0.1) is 12.4 Å². The highest BCUT2D eigenvalue weighted by atomic mass is 35.5. The van der Waals surface area contributed by atoms with Crippen molar-refractivity contribution < 1.29 is 4.79 Å². The molecule has 1 aromatic rings.